The van der Waals surface area contributed by atoms with Crippen LogP contribution in [0.1, 0.15) is 5.56 Å². The van der Waals surface area contributed by atoms with Crippen molar-refractivity contribution in [3.63, 3.8) is 0 Å². The molecule has 3 heteroatoms. The molecule has 0 aliphatic heterocycles. The average molecular weight is 243 g/mol. The Labute approximate surface area is 105 Å². The summed E-state index contributed by atoms with van der Waals surface area (Å²) in [6.45, 7) is 0. The lowest BCUT2D eigenvalue weighted by Gasteiger charge is -2.01. The SMILES string of the molecule is O=C(CSc1ccccn1)Cc1ccccc1. The molecule has 0 spiro atoms. The van der Waals surface area contributed by atoms with Crippen LogP contribution in [0.15, 0.2) is 59.8 Å². The van der Waals surface area contributed by atoms with Crippen molar-refractivity contribution in [2.75, 3.05) is 5.75 Å². The normalized spacial score (nSPS) is 10.1. The van der Waals surface area contributed by atoms with Crippen molar-refractivity contribution in [3.05, 3.63) is 60.3 Å². The number of ketones is 1. The van der Waals surface area contributed by atoms with Gasteiger partial charge in [0.2, 0.25) is 0 Å². The van der Waals surface area contributed by atoms with E-state index in [1.807, 2.05) is 48.5 Å². The van der Waals surface area contributed by atoms with E-state index in [9.17, 15) is 4.79 Å². The second kappa shape index (κ2) is 6.21. The van der Waals surface area contributed by atoms with Gasteiger partial charge in [0.15, 0.2) is 0 Å². The summed E-state index contributed by atoms with van der Waals surface area (Å²) >= 11 is 1.49. The topological polar surface area (TPSA) is 30.0 Å². The lowest BCUT2D eigenvalue weighted by molar-refractivity contribution is -0.116. The zero-order chi connectivity index (χ0) is 11.9. The Morgan fingerprint density at radius 3 is 2.53 bits per heavy atom. The van der Waals surface area contributed by atoms with Gasteiger partial charge in [0.25, 0.3) is 0 Å². The van der Waals surface area contributed by atoms with E-state index in [1.54, 1.807) is 6.20 Å². The van der Waals surface area contributed by atoms with Crippen LogP contribution in [0.4, 0.5) is 0 Å². The Morgan fingerprint density at radius 1 is 1.06 bits per heavy atom. The molecule has 0 saturated carbocycles. The second-order valence-electron chi connectivity index (χ2n) is 3.66. The number of thioether (sulfide) groups is 1. The van der Waals surface area contributed by atoms with E-state index in [1.165, 1.54) is 11.8 Å². The maximum Gasteiger partial charge on any atom is 0.147 e. The van der Waals surface area contributed by atoms with Crippen molar-refractivity contribution in [3.8, 4) is 0 Å². The van der Waals surface area contributed by atoms with Gasteiger partial charge in [-0.15, -0.1) is 0 Å². The third kappa shape index (κ3) is 4.04. The van der Waals surface area contributed by atoms with Gasteiger partial charge in [-0.2, -0.15) is 0 Å². The van der Waals surface area contributed by atoms with E-state index in [-0.39, 0.29) is 5.78 Å². The molecule has 1 aromatic carbocycles. The van der Waals surface area contributed by atoms with Crippen LogP contribution >= 0.6 is 11.8 Å². The first-order chi connectivity index (χ1) is 8.34. The monoisotopic (exact) mass is 243 g/mol. The van der Waals surface area contributed by atoms with Crippen LogP contribution in [0.25, 0.3) is 0 Å². The van der Waals surface area contributed by atoms with Crippen LogP contribution in [0.5, 0.6) is 0 Å². The number of pyridine rings is 1. The quantitative estimate of drug-likeness (QED) is 0.756. The number of aromatic nitrogens is 1. The van der Waals surface area contributed by atoms with Crippen LogP contribution in [-0.2, 0) is 11.2 Å². The number of rotatable bonds is 5. The second-order valence-corrected chi connectivity index (χ2v) is 4.65. The summed E-state index contributed by atoms with van der Waals surface area (Å²) in [4.78, 5) is 15.9. The molecule has 0 aliphatic rings. The summed E-state index contributed by atoms with van der Waals surface area (Å²) in [7, 11) is 0. The molecular weight excluding hydrogens is 230 g/mol. The fourth-order valence-corrected chi connectivity index (χ4v) is 2.18. The first-order valence-corrected chi connectivity index (χ1v) is 6.42. The molecule has 0 fully saturated rings. The van der Waals surface area contributed by atoms with Crippen molar-refractivity contribution < 1.29 is 4.79 Å². The first-order valence-electron chi connectivity index (χ1n) is 5.44. The third-order valence-corrected chi connectivity index (χ3v) is 3.27. The van der Waals surface area contributed by atoms with Gasteiger partial charge in [0.05, 0.1) is 10.8 Å². The fourth-order valence-electron chi connectivity index (χ4n) is 1.46. The highest BCUT2D eigenvalue weighted by atomic mass is 32.2. The van der Waals surface area contributed by atoms with Crippen LogP contribution in [0, 0.1) is 0 Å². The summed E-state index contributed by atoms with van der Waals surface area (Å²) in [5.41, 5.74) is 1.07. The number of carbonyl (C=O) groups excluding carboxylic acids is 1. The van der Waals surface area contributed by atoms with Gasteiger partial charge >= 0.3 is 0 Å². The van der Waals surface area contributed by atoms with Gasteiger partial charge < -0.3 is 0 Å². The minimum atomic E-state index is 0.229. The largest absolute Gasteiger partial charge is 0.298 e. The molecule has 17 heavy (non-hydrogen) atoms. The Morgan fingerprint density at radius 2 is 1.82 bits per heavy atom. The zero-order valence-corrected chi connectivity index (χ0v) is 10.2. The maximum atomic E-state index is 11.7. The fraction of sp³-hybridized carbons (Fsp3) is 0.143. The molecule has 0 saturated heterocycles. The Hall–Kier alpha value is -1.61. The highest BCUT2D eigenvalue weighted by Gasteiger charge is 2.04. The van der Waals surface area contributed by atoms with Crippen molar-refractivity contribution in [2.45, 2.75) is 11.4 Å². The van der Waals surface area contributed by atoms with Gasteiger partial charge in [-0.25, -0.2) is 4.98 Å². The molecule has 0 radical (unpaired) electrons. The number of Topliss-reactive ketones (excluding diaryl/α,β-unsaturated/α-hetero) is 1. The van der Waals surface area contributed by atoms with Crippen LogP contribution in [-0.4, -0.2) is 16.5 Å². The molecule has 2 rings (SSSR count). The summed E-state index contributed by atoms with van der Waals surface area (Å²) in [5.74, 6) is 0.707. The number of hydrogen-bond donors (Lipinski definition) is 0. The van der Waals surface area contributed by atoms with Crippen LogP contribution in [0.2, 0.25) is 0 Å². The summed E-state index contributed by atoms with van der Waals surface area (Å²) in [5, 5.41) is 0.897. The van der Waals surface area contributed by atoms with Crippen molar-refractivity contribution in [1.82, 2.24) is 4.98 Å². The highest BCUT2D eigenvalue weighted by Crippen LogP contribution is 2.14. The molecule has 2 nitrogen and oxygen atoms in total. The Kier molecular flexibility index (Phi) is 4.33. The predicted octanol–water partition coefficient (Wildman–Crippen LogP) is 2.99. The lowest BCUT2D eigenvalue weighted by atomic mass is 10.1. The molecule has 0 atom stereocenters. The first kappa shape index (κ1) is 11.9. The molecule has 0 N–H and O–H groups in total. The Bertz CT molecular complexity index is 470. The van der Waals surface area contributed by atoms with E-state index in [4.69, 9.17) is 0 Å². The van der Waals surface area contributed by atoms with Crippen LogP contribution in [0.3, 0.4) is 0 Å². The minimum absolute atomic E-state index is 0.229. The summed E-state index contributed by atoms with van der Waals surface area (Å²) in [6.07, 6.45) is 2.24. The van der Waals surface area contributed by atoms with E-state index in [2.05, 4.69) is 4.98 Å². The standard InChI is InChI=1S/C14H13NOS/c16-13(10-12-6-2-1-3-7-12)11-17-14-8-4-5-9-15-14/h1-9H,10-11H2. The van der Waals surface area contributed by atoms with Gasteiger partial charge in [-0.05, 0) is 17.7 Å². The molecule has 2 aromatic rings. The third-order valence-electron chi connectivity index (χ3n) is 2.26. The number of benzene rings is 1. The van der Waals surface area contributed by atoms with Crippen molar-refractivity contribution in [1.29, 1.82) is 0 Å². The minimum Gasteiger partial charge on any atom is -0.298 e. The van der Waals surface area contributed by atoms with E-state index < -0.39 is 0 Å². The highest BCUT2D eigenvalue weighted by molar-refractivity contribution is 7.99. The molecule has 0 bridgehead atoms. The van der Waals surface area contributed by atoms with Gasteiger partial charge in [0, 0.05) is 12.6 Å². The summed E-state index contributed by atoms with van der Waals surface area (Å²) in [6, 6.07) is 15.5. The summed E-state index contributed by atoms with van der Waals surface area (Å²) < 4.78 is 0. The molecular formula is C14H13NOS. The van der Waals surface area contributed by atoms with Gasteiger partial charge in [-0.1, -0.05) is 48.2 Å². The maximum absolute atomic E-state index is 11.7. The molecule has 0 aliphatic carbocycles. The van der Waals surface area contributed by atoms with E-state index in [0.29, 0.717) is 12.2 Å². The van der Waals surface area contributed by atoms with Gasteiger partial charge in [-0.3, -0.25) is 4.79 Å². The number of carbonyl (C=O) groups is 1. The molecule has 86 valence electrons. The Balaban J connectivity index is 1.83. The van der Waals surface area contributed by atoms with Gasteiger partial charge in [0.1, 0.15) is 5.78 Å². The number of nitrogens with zero attached hydrogens (tertiary/aromatic N) is 1. The predicted molar refractivity (Wildman–Crippen MR) is 70.1 cm³/mol. The molecule has 1 heterocycles. The lowest BCUT2D eigenvalue weighted by Crippen LogP contribution is -2.05. The number of hydrogen-bond acceptors (Lipinski definition) is 3. The van der Waals surface area contributed by atoms with Crippen LogP contribution < -0.4 is 0 Å². The van der Waals surface area contributed by atoms with Crippen molar-refractivity contribution >= 4 is 17.5 Å². The molecule has 1 aromatic heterocycles. The van der Waals surface area contributed by atoms with E-state index >= 15 is 0 Å². The van der Waals surface area contributed by atoms with Crippen molar-refractivity contribution in [2.24, 2.45) is 0 Å². The molecule has 0 unspecified atom stereocenters. The molecule has 0 amide bonds. The smallest absolute Gasteiger partial charge is 0.147 e. The zero-order valence-electron chi connectivity index (χ0n) is 9.37. The average Bonchev–Trinajstić information content (AvgIpc) is 2.39. The van der Waals surface area contributed by atoms with E-state index in [0.717, 1.165) is 10.6 Å².